The minimum absolute atomic E-state index is 0.101. The van der Waals surface area contributed by atoms with Crippen LogP contribution in [0, 0.1) is 6.92 Å². The summed E-state index contributed by atoms with van der Waals surface area (Å²) in [6, 6.07) is 9.49. The number of hydrogen-bond acceptors (Lipinski definition) is 4. The molecule has 1 fully saturated rings. The highest BCUT2D eigenvalue weighted by Crippen LogP contribution is 2.18. The van der Waals surface area contributed by atoms with Gasteiger partial charge in [-0.05, 0) is 19.1 Å². The van der Waals surface area contributed by atoms with Crippen molar-refractivity contribution in [2.24, 2.45) is 0 Å². The average Bonchev–Trinajstić information content (AvgIpc) is 2.56. The lowest BCUT2D eigenvalue weighted by molar-refractivity contribution is 0.0587. The van der Waals surface area contributed by atoms with E-state index < -0.39 is 0 Å². The minimum Gasteiger partial charge on any atom is -0.474 e. The van der Waals surface area contributed by atoms with Gasteiger partial charge in [0.2, 0.25) is 5.88 Å². The maximum atomic E-state index is 12.5. The second-order valence-electron chi connectivity index (χ2n) is 5.53. The van der Waals surface area contributed by atoms with Crippen LogP contribution in [0.3, 0.4) is 0 Å². The van der Waals surface area contributed by atoms with Crippen molar-refractivity contribution in [1.82, 2.24) is 14.9 Å². The lowest BCUT2D eigenvalue weighted by atomic mass is 10.1. The van der Waals surface area contributed by atoms with Crippen molar-refractivity contribution in [3.8, 4) is 5.88 Å². The van der Waals surface area contributed by atoms with Gasteiger partial charge in [0.25, 0.3) is 5.91 Å². The molecule has 1 aromatic heterocycles. The number of amides is 1. The van der Waals surface area contributed by atoms with Crippen molar-refractivity contribution in [3.63, 3.8) is 0 Å². The normalized spacial score (nSPS) is 15.6. The molecule has 0 unspecified atom stereocenters. The van der Waals surface area contributed by atoms with E-state index in [1.807, 2.05) is 36.1 Å². The number of benzene rings is 1. The Bertz CT molecular complexity index is 637. The molecule has 114 valence electrons. The lowest BCUT2D eigenvalue weighted by Crippen LogP contribution is -2.41. The van der Waals surface area contributed by atoms with Crippen molar-refractivity contribution in [1.29, 1.82) is 0 Å². The summed E-state index contributed by atoms with van der Waals surface area (Å²) < 4.78 is 5.82. The molecular formula is C17H19N3O2. The highest BCUT2D eigenvalue weighted by Gasteiger charge is 2.24. The maximum absolute atomic E-state index is 12.5. The number of hydrogen-bond donors (Lipinski definition) is 0. The van der Waals surface area contributed by atoms with Crippen molar-refractivity contribution in [2.45, 2.75) is 25.9 Å². The Kier molecular flexibility index (Phi) is 4.32. The second kappa shape index (κ2) is 6.56. The molecule has 1 aliphatic rings. The Morgan fingerprint density at radius 1 is 1.27 bits per heavy atom. The summed E-state index contributed by atoms with van der Waals surface area (Å²) in [6.07, 6.45) is 4.89. The fourth-order valence-electron chi connectivity index (χ4n) is 2.66. The van der Waals surface area contributed by atoms with Crippen molar-refractivity contribution in [2.75, 3.05) is 13.1 Å². The summed E-state index contributed by atoms with van der Waals surface area (Å²) in [5.41, 5.74) is 1.86. The van der Waals surface area contributed by atoms with E-state index in [0.717, 1.165) is 24.0 Å². The van der Waals surface area contributed by atoms with Gasteiger partial charge in [-0.15, -0.1) is 0 Å². The molecule has 2 heterocycles. The zero-order valence-corrected chi connectivity index (χ0v) is 12.6. The van der Waals surface area contributed by atoms with Crippen LogP contribution in [0.25, 0.3) is 0 Å². The Labute approximate surface area is 130 Å². The second-order valence-corrected chi connectivity index (χ2v) is 5.53. The van der Waals surface area contributed by atoms with Gasteiger partial charge in [-0.1, -0.05) is 17.7 Å². The predicted molar refractivity (Wildman–Crippen MR) is 82.8 cm³/mol. The highest BCUT2D eigenvalue weighted by atomic mass is 16.5. The monoisotopic (exact) mass is 297 g/mol. The SMILES string of the molecule is Cc1cccc(C(=O)N2CCC(Oc3ccncn3)CC2)c1. The molecule has 0 aliphatic carbocycles. The van der Waals surface area contributed by atoms with E-state index >= 15 is 0 Å². The largest absolute Gasteiger partial charge is 0.474 e. The molecule has 1 aliphatic heterocycles. The zero-order valence-electron chi connectivity index (χ0n) is 12.6. The fourth-order valence-corrected chi connectivity index (χ4v) is 2.66. The molecule has 1 aromatic carbocycles. The molecule has 1 amide bonds. The molecule has 0 N–H and O–H groups in total. The zero-order chi connectivity index (χ0) is 15.4. The smallest absolute Gasteiger partial charge is 0.253 e. The van der Waals surface area contributed by atoms with Gasteiger partial charge in [-0.25, -0.2) is 9.97 Å². The Hall–Kier alpha value is -2.43. The molecule has 5 heteroatoms. The standard InChI is InChI=1S/C17H19N3O2/c1-13-3-2-4-14(11-13)17(21)20-9-6-15(7-10-20)22-16-5-8-18-12-19-16/h2-5,8,11-12,15H,6-7,9-10H2,1H3. The number of rotatable bonds is 3. The van der Waals surface area contributed by atoms with Crippen LogP contribution in [0.15, 0.2) is 42.9 Å². The first kappa shape index (κ1) is 14.5. The van der Waals surface area contributed by atoms with Crippen LogP contribution in [0.1, 0.15) is 28.8 Å². The molecule has 2 aromatic rings. The van der Waals surface area contributed by atoms with E-state index in [1.165, 1.54) is 6.33 Å². The first-order chi connectivity index (χ1) is 10.7. The van der Waals surface area contributed by atoms with Crippen LogP contribution in [-0.4, -0.2) is 40.0 Å². The molecule has 0 saturated carbocycles. The van der Waals surface area contributed by atoms with Crippen molar-refractivity contribution >= 4 is 5.91 Å². The van der Waals surface area contributed by atoms with Gasteiger partial charge >= 0.3 is 0 Å². The van der Waals surface area contributed by atoms with Gasteiger partial charge in [0.1, 0.15) is 12.4 Å². The van der Waals surface area contributed by atoms with Crippen LogP contribution < -0.4 is 4.74 Å². The highest BCUT2D eigenvalue weighted by molar-refractivity contribution is 5.94. The van der Waals surface area contributed by atoms with Gasteiger partial charge in [0, 0.05) is 43.8 Å². The summed E-state index contributed by atoms with van der Waals surface area (Å²) >= 11 is 0. The van der Waals surface area contributed by atoms with Gasteiger partial charge in [-0.3, -0.25) is 4.79 Å². The summed E-state index contributed by atoms with van der Waals surface area (Å²) in [6.45, 7) is 3.42. The van der Waals surface area contributed by atoms with Crippen molar-refractivity contribution in [3.05, 3.63) is 54.0 Å². The van der Waals surface area contributed by atoms with E-state index in [0.29, 0.717) is 19.0 Å². The molecule has 5 nitrogen and oxygen atoms in total. The third-order valence-corrected chi connectivity index (χ3v) is 3.84. The van der Waals surface area contributed by atoms with Crippen LogP contribution in [-0.2, 0) is 0 Å². The van der Waals surface area contributed by atoms with Gasteiger partial charge in [0.15, 0.2) is 0 Å². The molecule has 0 atom stereocenters. The predicted octanol–water partition coefficient (Wildman–Crippen LogP) is 2.47. The topological polar surface area (TPSA) is 55.3 Å². The first-order valence-corrected chi connectivity index (χ1v) is 7.51. The third kappa shape index (κ3) is 3.42. The van der Waals surface area contributed by atoms with Crippen molar-refractivity contribution < 1.29 is 9.53 Å². The summed E-state index contributed by atoms with van der Waals surface area (Å²) in [5.74, 6) is 0.697. The Morgan fingerprint density at radius 2 is 2.09 bits per heavy atom. The van der Waals surface area contributed by atoms with E-state index in [4.69, 9.17) is 4.74 Å². The average molecular weight is 297 g/mol. The summed E-state index contributed by atoms with van der Waals surface area (Å²) in [4.78, 5) is 22.3. The summed E-state index contributed by atoms with van der Waals surface area (Å²) in [7, 11) is 0. The Morgan fingerprint density at radius 3 is 2.77 bits per heavy atom. The number of ether oxygens (including phenoxy) is 1. The molecule has 0 bridgehead atoms. The Balaban J connectivity index is 1.56. The van der Waals surface area contributed by atoms with E-state index in [2.05, 4.69) is 9.97 Å². The third-order valence-electron chi connectivity index (χ3n) is 3.84. The van der Waals surface area contributed by atoms with E-state index in [-0.39, 0.29) is 12.0 Å². The molecule has 0 radical (unpaired) electrons. The summed E-state index contributed by atoms with van der Waals surface area (Å²) in [5, 5.41) is 0. The number of carbonyl (C=O) groups excluding carboxylic acids is 1. The van der Waals surface area contributed by atoms with Crippen LogP contribution in [0.4, 0.5) is 0 Å². The number of piperidine rings is 1. The first-order valence-electron chi connectivity index (χ1n) is 7.51. The quantitative estimate of drug-likeness (QED) is 0.873. The lowest BCUT2D eigenvalue weighted by Gasteiger charge is -2.32. The van der Waals surface area contributed by atoms with Crippen LogP contribution in [0.5, 0.6) is 5.88 Å². The molecule has 22 heavy (non-hydrogen) atoms. The van der Waals surface area contributed by atoms with Gasteiger partial charge in [0.05, 0.1) is 0 Å². The molecule has 3 rings (SSSR count). The minimum atomic E-state index is 0.101. The van der Waals surface area contributed by atoms with E-state index in [1.54, 1.807) is 12.3 Å². The molecule has 0 spiro atoms. The number of nitrogens with zero attached hydrogens (tertiary/aromatic N) is 3. The van der Waals surface area contributed by atoms with E-state index in [9.17, 15) is 4.79 Å². The number of aromatic nitrogens is 2. The van der Waals surface area contributed by atoms with Crippen LogP contribution in [0.2, 0.25) is 0 Å². The van der Waals surface area contributed by atoms with Crippen LogP contribution >= 0.6 is 0 Å². The number of carbonyl (C=O) groups is 1. The number of likely N-dealkylation sites (tertiary alicyclic amines) is 1. The van der Waals surface area contributed by atoms with Gasteiger partial charge in [-0.2, -0.15) is 0 Å². The molecular weight excluding hydrogens is 278 g/mol. The molecule has 1 saturated heterocycles. The fraction of sp³-hybridized carbons (Fsp3) is 0.353. The van der Waals surface area contributed by atoms with Gasteiger partial charge < -0.3 is 9.64 Å². The maximum Gasteiger partial charge on any atom is 0.253 e. The number of aryl methyl sites for hydroxylation is 1.